The minimum Gasteiger partial charge on any atom is -0.609 e. The summed E-state index contributed by atoms with van der Waals surface area (Å²) in [5, 5.41) is 19.9. The lowest BCUT2D eigenvalue weighted by Crippen LogP contribution is -2.20. The van der Waals surface area contributed by atoms with Crippen LogP contribution in [0.2, 0.25) is 0 Å². The minimum atomic E-state index is -1.52. The zero-order chi connectivity index (χ0) is 28.5. The first kappa shape index (κ1) is 28.8. The summed E-state index contributed by atoms with van der Waals surface area (Å²) in [6, 6.07) is 22.4. The maximum atomic E-state index is 13.3. The summed E-state index contributed by atoms with van der Waals surface area (Å²) in [7, 11) is 1.32. The van der Waals surface area contributed by atoms with E-state index in [0.29, 0.717) is 35.0 Å². The van der Waals surface area contributed by atoms with Crippen molar-refractivity contribution in [2.45, 2.75) is 49.7 Å². The van der Waals surface area contributed by atoms with Crippen LogP contribution in [0.25, 0.3) is 0 Å². The third-order valence-electron chi connectivity index (χ3n) is 6.23. The predicted molar refractivity (Wildman–Crippen MR) is 149 cm³/mol. The molecule has 2 atom stereocenters. The highest BCUT2D eigenvalue weighted by Gasteiger charge is 2.25. The number of non-ortho nitro benzene ring substituents is 1. The van der Waals surface area contributed by atoms with Crippen LogP contribution in [0.5, 0.6) is 5.75 Å². The zero-order valence-electron chi connectivity index (χ0n) is 22.3. The van der Waals surface area contributed by atoms with Crippen molar-refractivity contribution in [3.05, 3.63) is 111 Å². The molecule has 2 unspecified atom stereocenters. The van der Waals surface area contributed by atoms with Crippen LogP contribution in [-0.4, -0.2) is 37.3 Å². The summed E-state index contributed by atoms with van der Waals surface area (Å²) >= 11 is -1.52. The van der Waals surface area contributed by atoms with Gasteiger partial charge in [-0.05, 0) is 36.2 Å². The van der Waals surface area contributed by atoms with Crippen LogP contribution >= 0.6 is 0 Å². The van der Waals surface area contributed by atoms with Gasteiger partial charge in [0.1, 0.15) is 17.3 Å². The standard InChI is InChI=1S/C29H30N4O6S/c1-3-4-10-26-30-31-29(40(37)20-22-11-15-24(16-12-22)33(35)36)32(26)19-21-13-17-25(18-14-21)39-27(28(34)38-2)23-8-6-5-7-9-23/h5-9,11-18,27H,3-4,10,19-20H2,1-2H3. The number of esters is 1. The van der Waals surface area contributed by atoms with Gasteiger partial charge in [-0.2, -0.15) is 0 Å². The number of aryl methyl sites for hydroxylation is 1. The largest absolute Gasteiger partial charge is 0.609 e. The second-order valence-electron chi connectivity index (χ2n) is 9.08. The van der Waals surface area contributed by atoms with Gasteiger partial charge in [-0.1, -0.05) is 60.9 Å². The number of hydrogen-bond donors (Lipinski definition) is 0. The van der Waals surface area contributed by atoms with Crippen molar-refractivity contribution in [1.82, 2.24) is 14.8 Å². The van der Waals surface area contributed by atoms with Crippen LogP contribution in [0.3, 0.4) is 0 Å². The molecule has 0 bridgehead atoms. The fourth-order valence-electron chi connectivity index (χ4n) is 4.08. The van der Waals surface area contributed by atoms with Crippen LogP contribution in [0.1, 0.15) is 48.4 Å². The van der Waals surface area contributed by atoms with E-state index in [4.69, 9.17) is 9.47 Å². The summed E-state index contributed by atoms with van der Waals surface area (Å²) in [5.74, 6) is 0.898. The molecule has 1 heterocycles. The molecule has 0 aliphatic carbocycles. The molecule has 0 spiro atoms. The van der Waals surface area contributed by atoms with Crippen LogP contribution in [0, 0.1) is 10.1 Å². The summed E-state index contributed by atoms with van der Waals surface area (Å²) < 4.78 is 26.1. The van der Waals surface area contributed by atoms with Gasteiger partial charge in [0.25, 0.3) is 5.69 Å². The van der Waals surface area contributed by atoms with E-state index in [2.05, 4.69) is 17.1 Å². The Morgan fingerprint density at radius 2 is 1.68 bits per heavy atom. The quantitative estimate of drug-likeness (QED) is 0.0942. The third-order valence-corrected chi connectivity index (χ3v) is 7.54. The van der Waals surface area contributed by atoms with Gasteiger partial charge in [-0.15, -0.1) is 5.10 Å². The van der Waals surface area contributed by atoms with Gasteiger partial charge in [-0.3, -0.25) is 14.7 Å². The highest BCUT2D eigenvalue weighted by Crippen LogP contribution is 2.25. The van der Waals surface area contributed by atoms with Gasteiger partial charge in [0.15, 0.2) is 0 Å². The Balaban J connectivity index is 1.52. The lowest BCUT2D eigenvalue weighted by atomic mass is 10.1. The van der Waals surface area contributed by atoms with Crippen molar-refractivity contribution < 1.29 is 23.7 Å². The number of nitrogens with zero attached hydrogens (tertiary/aromatic N) is 4. The second kappa shape index (κ2) is 13.7. The molecule has 10 nitrogen and oxygen atoms in total. The van der Waals surface area contributed by atoms with E-state index in [0.717, 1.165) is 24.2 Å². The van der Waals surface area contributed by atoms with Gasteiger partial charge >= 0.3 is 11.1 Å². The molecule has 0 aliphatic heterocycles. The van der Waals surface area contributed by atoms with E-state index in [1.807, 2.05) is 34.9 Å². The van der Waals surface area contributed by atoms with Gasteiger partial charge in [0, 0.05) is 40.9 Å². The fraction of sp³-hybridized carbons (Fsp3) is 0.276. The summed E-state index contributed by atoms with van der Waals surface area (Å²) in [4.78, 5) is 22.8. The van der Waals surface area contributed by atoms with Crippen molar-refractivity contribution >= 4 is 22.8 Å². The fourth-order valence-corrected chi connectivity index (χ4v) is 5.25. The number of aromatic nitrogens is 3. The van der Waals surface area contributed by atoms with E-state index in [1.54, 1.807) is 36.4 Å². The molecule has 208 valence electrons. The van der Waals surface area contributed by atoms with Crippen LogP contribution in [0.4, 0.5) is 5.69 Å². The molecule has 0 saturated carbocycles. The number of hydrogen-bond acceptors (Lipinski definition) is 8. The monoisotopic (exact) mass is 562 g/mol. The Kier molecular flexibility index (Phi) is 9.87. The number of rotatable bonds is 13. The molecule has 1 aromatic heterocycles. The lowest BCUT2D eigenvalue weighted by Gasteiger charge is -2.18. The molecule has 40 heavy (non-hydrogen) atoms. The SMILES string of the molecule is CCCCc1nnc([S+]([O-])Cc2ccc([N+](=O)[O-])cc2)n1Cc1ccc(OC(C(=O)OC)c2ccccc2)cc1. The molecule has 0 N–H and O–H groups in total. The number of methoxy groups -OCH3 is 1. The van der Waals surface area contributed by atoms with Crippen molar-refractivity contribution in [3.63, 3.8) is 0 Å². The highest BCUT2D eigenvalue weighted by atomic mass is 32.2. The highest BCUT2D eigenvalue weighted by molar-refractivity contribution is 7.90. The Labute approximate surface area is 235 Å². The molecule has 3 aromatic carbocycles. The molecule has 0 fully saturated rings. The van der Waals surface area contributed by atoms with Crippen LogP contribution < -0.4 is 4.74 Å². The molecule has 0 aliphatic rings. The summed E-state index contributed by atoms with van der Waals surface area (Å²) in [5.41, 5.74) is 2.28. The molecular weight excluding hydrogens is 532 g/mol. The summed E-state index contributed by atoms with van der Waals surface area (Å²) in [6.45, 7) is 2.48. The number of nitro groups is 1. The molecule has 0 saturated heterocycles. The average molecular weight is 563 g/mol. The minimum absolute atomic E-state index is 0.0198. The maximum absolute atomic E-state index is 13.3. The normalized spacial score (nSPS) is 12.5. The first-order valence-electron chi connectivity index (χ1n) is 12.8. The zero-order valence-corrected chi connectivity index (χ0v) is 23.1. The molecule has 0 radical (unpaired) electrons. The predicted octanol–water partition coefficient (Wildman–Crippen LogP) is 5.18. The number of carbonyl (C=O) groups excluding carboxylic acids is 1. The van der Waals surface area contributed by atoms with Crippen molar-refractivity contribution in [3.8, 4) is 5.75 Å². The van der Waals surface area contributed by atoms with E-state index in [-0.39, 0.29) is 11.4 Å². The van der Waals surface area contributed by atoms with E-state index in [9.17, 15) is 19.5 Å². The average Bonchev–Trinajstić information content (AvgIpc) is 3.38. The Hall–Kier alpha value is -4.22. The number of benzene rings is 3. The number of nitro benzene ring substituents is 1. The second-order valence-corrected chi connectivity index (χ2v) is 10.4. The van der Waals surface area contributed by atoms with Gasteiger partial charge in [0.05, 0.1) is 18.6 Å². The Bertz CT molecular complexity index is 1410. The lowest BCUT2D eigenvalue weighted by molar-refractivity contribution is -0.384. The van der Waals surface area contributed by atoms with Crippen LogP contribution in [-0.2, 0) is 39.4 Å². The van der Waals surface area contributed by atoms with Crippen molar-refractivity contribution in [1.29, 1.82) is 0 Å². The molecular formula is C29H30N4O6S. The van der Waals surface area contributed by atoms with Gasteiger partial charge in [0.2, 0.25) is 6.10 Å². The molecule has 4 aromatic rings. The topological polar surface area (TPSA) is 132 Å². The first-order chi connectivity index (χ1) is 19.4. The number of carbonyl (C=O) groups is 1. The van der Waals surface area contributed by atoms with Gasteiger partial charge < -0.3 is 14.0 Å². The molecule has 4 rings (SSSR count). The van der Waals surface area contributed by atoms with E-state index < -0.39 is 28.2 Å². The van der Waals surface area contributed by atoms with Gasteiger partial charge in [-0.25, -0.2) is 4.79 Å². The Morgan fingerprint density at radius 3 is 2.30 bits per heavy atom. The van der Waals surface area contributed by atoms with Crippen molar-refractivity contribution in [2.24, 2.45) is 0 Å². The number of ether oxygens (including phenoxy) is 2. The third kappa shape index (κ3) is 7.25. The molecule has 11 heteroatoms. The smallest absolute Gasteiger partial charge is 0.351 e. The molecule has 0 amide bonds. The summed E-state index contributed by atoms with van der Waals surface area (Å²) in [6.07, 6.45) is 1.68. The first-order valence-corrected chi connectivity index (χ1v) is 14.1. The van der Waals surface area contributed by atoms with E-state index >= 15 is 0 Å². The maximum Gasteiger partial charge on any atom is 0.351 e. The van der Waals surface area contributed by atoms with Crippen molar-refractivity contribution in [2.75, 3.05) is 7.11 Å². The van der Waals surface area contributed by atoms with E-state index in [1.165, 1.54) is 19.2 Å². The van der Waals surface area contributed by atoms with Crippen LogP contribution in [0.15, 0.2) is 84.0 Å². The number of unbranched alkanes of at least 4 members (excludes halogenated alkanes) is 1. The Morgan fingerprint density at radius 1 is 1.00 bits per heavy atom.